The number of aliphatic hydroxyl groups excluding tert-OH is 1. The first-order chi connectivity index (χ1) is 12.7. The summed E-state index contributed by atoms with van der Waals surface area (Å²) in [4.78, 5) is 11.7. The number of rotatable bonds is 8. The predicted molar refractivity (Wildman–Crippen MR) is 108 cm³/mol. The molecule has 5 heteroatoms. The molecule has 0 spiro atoms. The summed E-state index contributed by atoms with van der Waals surface area (Å²) in [6, 6.07) is 13.0. The van der Waals surface area contributed by atoms with Crippen LogP contribution in [0.25, 0.3) is 11.1 Å². The lowest BCUT2D eigenvalue weighted by molar-refractivity contribution is 0.0994. The monoisotopic (exact) mass is 371 g/mol. The number of carbonyl (C=O) groups excluding carboxylic acids is 1. The fraction of sp³-hybridized carbons (Fsp3) is 0.409. The first-order valence-corrected chi connectivity index (χ1v) is 9.05. The molecule has 0 aliphatic heterocycles. The van der Waals surface area contributed by atoms with Crippen molar-refractivity contribution >= 4 is 5.78 Å². The maximum Gasteiger partial charge on any atom is 0.159 e. The second-order valence-corrected chi connectivity index (χ2v) is 7.59. The minimum atomic E-state index is -0.658. The van der Waals surface area contributed by atoms with Crippen LogP contribution in [-0.4, -0.2) is 42.8 Å². The van der Waals surface area contributed by atoms with E-state index in [0.717, 1.165) is 16.9 Å². The number of benzene rings is 2. The van der Waals surface area contributed by atoms with Gasteiger partial charge in [0.15, 0.2) is 5.78 Å². The molecule has 0 radical (unpaired) electrons. The lowest BCUT2D eigenvalue weighted by Crippen LogP contribution is -2.42. The minimum Gasteiger partial charge on any atom is -0.497 e. The normalized spacial score (nSPS) is 12.5. The summed E-state index contributed by atoms with van der Waals surface area (Å²) >= 11 is 0. The van der Waals surface area contributed by atoms with E-state index in [9.17, 15) is 9.90 Å². The van der Waals surface area contributed by atoms with E-state index in [1.54, 1.807) is 19.2 Å². The number of aliphatic hydroxyl groups is 1. The van der Waals surface area contributed by atoms with Crippen LogP contribution < -0.4 is 14.8 Å². The largest absolute Gasteiger partial charge is 0.497 e. The zero-order chi connectivity index (χ0) is 20.0. The molecule has 1 unspecified atom stereocenters. The highest BCUT2D eigenvalue weighted by Gasteiger charge is 2.15. The molecule has 2 aromatic carbocycles. The number of methoxy groups -OCH3 is 1. The molecule has 0 aliphatic rings. The first-order valence-electron chi connectivity index (χ1n) is 9.05. The van der Waals surface area contributed by atoms with Crippen LogP contribution in [0.5, 0.6) is 11.5 Å². The fourth-order valence-electron chi connectivity index (χ4n) is 2.54. The second kappa shape index (κ2) is 9.02. The molecule has 0 aliphatic carbocycles. The molecule has 0 amide bonds. The zero-order valence-corrected chi connectivity index (χ0v) is 16.7. The average molecular weight is 371 g/mol. The van der Waals surface area contributed by atoms with E-state index >= 15 is 0 Å². The molecular formula is C22H29NO4. The van der Waals surface area contributed by atoms with Crippen molar-refractivity contribution < 1.29 is 19.4 Å². The summed E-state index contributed by atoms with van der Waals surface area (Å²) in [6.45, 7) is 8.20. The van der Waals surface area contributed by atoms with Crippen molar-refractivity contribution in [1.29, 1.82) is 0 Å². The summed E-state index contributed by atoms with van der Waals surface area (Å²) in [5, 5.41) is 13.5. The third-order valence-electron chi connectivity index (χ3n) is 4.09. The number of hydrogen-bond acceptors (Lipinski definition) is 5. The Morgan fingerprint density at radius 2 is 1.81 bits per heavy atom. The van der Waals surface area contributed by atoms with Crippen molar-refractivity contribution in [1.82, 2.24) is 5.32 Å². The lowest BCUT2D eigenvalue weighted by Gasteiger charge is -2.23. The van der Waals surface area contributed by atoms with E-state index < -0.39 is 6.10 Å². The van der Waals surface area contributed by atoms with Crippen LogP contribution in [0.1, 0.15) is 38.1 Å². The van der Waals surface area contributed by atoms with Crippen LogP contribution in [0.15, 0.2) is 42.5 Å². The van der Waals surface area contributed by atoms with Gasteiger partial charge in [-0.15, -0.1) is 0 Å². The SMILES string of the molecule is COc1ccc(-c2ccc(C(C)=O)cc2OCC(O)CNC(C)(C)C)cc1. The van der Waals surface area contributed by atoms with E-state index in [0.29, 0.717) is 17.9 Å². The molecule has 0 saturated heterocycles. The van der Waals surface area contributed by atoms with Gasteiger partial charge in [-0.05, 0) is 57.5 Å². The molecule has 1 atom stereocenters. The Bertz CT molecular complexity index is 763. The molecule has 27 heavy (non-hydrogen) atoms. The predicted octanol–water partition coefficient (Wildman–Crippen LogP) is 3.69. The summed E-state index contributed by atoms with van der Waals surface area (Å²) in [5.41, 5.74) is 2.30. The van der Waals surface area contributed by atoms with Gasteiger partial charge in [-0.3, -0.25) is 4.79 Å². The van der Waals surface area contributed by atoms with Crippen LogP contribution in [-0.2, 0) is 0 Å². The van der Waals surface area contributed by atoms with Crippen molar-refractivity contribution in [2.24, 2.45) is 0 Å². The van der Waals surface area contributed by atoms with Crippen molar-refractivity contribution in [2.45, 2.75) is 39.3 Å². The number of ether oxygens (including phenoxy) is 2. The van der Waals surface area contributed by atoms with Gasteiger partial charge in [0, 0.05) is 23.2 Å². The molecule has 2 rings (SSSR count). The van der Waals surface area contributed by atoms with Gasteiger partial charge in [-0.2, -0.15) is 0 Å². The molecule has 0 saturated carbocycles. The summed E-state index contributed by atoms with van der Waals surface area (Å²) in [5.74, 6) is 1.31. The molecule has 0 aromatic heterocycles. The standard InChI is InChI=1S/C22H29NO4/c1-15(24)17-8-11-20(16-6-9-19(26-5)10-7-16)21(12-17)27-14-18(25)13-23-22(2,3)4/h6-12,18,23,25H,13-14H2,1-5H3. The van der Waals surface area contributed by atoms with Crippen molar-refractivity contribution in [2.75, 3.05) is 20.3 Å². The van der Waals surface area contributed by atoms with Gasteiger partial charge in [0.1, 0.15) is 24.2 Å². The maximum absolute atomic E-state index is 11.7. The Morgan fingerprint density at radius 1 is 1.15 bits per heavy atom. The van der Waals surface area contributed by atoms with E-state index in [4.69, 9.17) is 9.47 Å². The van der Waals surface area contributed by atoms with Crippen molar-refractivity contribution in [3.05, 3.63) is 48.0 Å². The molecule has 0 bridgehead atoms. The average Bonchev–Trinajstić information content (AvgIpc) is 2.64. The van der Waals surface area contributed by atoms with Crippen LogP contribution in [0.2, 0.25) is 0 Å². The van der Waals surface area contributed by atoms with Gasteiger partial charge in [-0.1, -0.05) is 18.2 Å². The summed E-state index contributed by atoms with van der Waals surface area (Å²) in [7, 11) is 1.62. The molecule has 2 N–H and O–H groups in total. The van der Waals surface area contributed by atoms with Crippen molar-refractivity contribution in [3.8, 4) is 22.6 Å². The lowest BCUT2D eigenvalue weighted by atomic mass is 10.0. The topological polar surface area (TPSA) is 67.8 Å². The summed E-state index contributed by atoms with van der Waals surface area (Å²) in [6.07, 6.45) is -0.658. The van der Waals surface area contributed by atoms with Gasteiger partial charge in [0.05, 0.1) is 7.11 Å². The van der Waals surface area contributed by atoms with E-state index in [1.165, 1.54) is 6.92 Å². The first kappa shape index (κ1) is 20.9. The smallest absolute Gasteiger partial charge is 0.159 e. The highest BCUT2D eigenvalue weighted by molar-refractivity contribution is 5.95. The van der Waals surface area contributed by atoms with Crippen LogP contribution in [0.4, 0.5) is 0 Å². The van der Waals surface area contributed by atoms with E-state index in [-0.39, 0.29) is 17.9 Å². The Balaban J connectivity index is 2.20. The van der Waals surface area contributed by atoms with Gasteiger partial charge >= 0.3 is 0 Å². The van der Waals surface area contributed by atoms with Crippen LogP contribution >= 0.6 is 0 Å². The Kier molecular flexibility index (Phi) is 6.99. The Morgan fingerprint density at radius 3 is 2.37 bits per heavy atom. The molecule has 0 fully saturated rings. The Labute approximate surface area is 161 Å². The van der Waals surface area contributed by atoms with Gasteiger partial charge in [-0.25, -0.2) is 0 Å². The Hall–Kier alpha value is -2.37. The fourth-order valence-corrected chi connectivity index (χ4v) is 2.54. The van der Waals surface area contributed by atoms with E-state index in [2.05, 4.69) is 5.32 Å². The molecule has 2 aromatic rings. The number of hydrogen-bond donors (Lipinski definition) is 2. The zero-order valence-electron chi connectivity index (χ0n) is 16.7. The van der Waals surface area contributed by atoms with Gasteiger partial charge < -0.3 is 19.9 Å². The highest BCUT2D eigenvalue weighted by atomic mass is 16.5. The quantitative estimate of drug-likeness (QED) is 0.693. The number of ketones is 1. The highest BCUT2D eigenvalue weighted by Crippen LogP contribution is 2.32. The number of carbonyl (C=O) groups is 1. The van der Waals surface area contributed by atoms with Gasteiger partial charge in [0.2, 0.25) is 0 Å². The second-order valence-electron chi connectivity index (χ2n) is 7.59. The minimum absolute atomic E-state index is 0.0314. The van der Waals surface area contributed by atoms with Crippen molar-refractivity contribution in [3.63, 3.8) is 0 Å². The summed E-state index contributed by atoms with van der Waals surface area (Å²) < 4.78 is 11.1. The number of Topliss-reactive ketones (excluding diaryl/α,β-unsaturated/α-hetero) is 1. The third-order valence-corrected chi connectivity index (χ3v) is 4.09. The molecule has 5 nitrogen and oxygen atoms in total. The maximum atomic E-state index is 11.7. The third kappa shape index (κ3) is 6.38. The van der Waals surface area contributed by atoms with Crippen LogP contribution in [0, 0.1) is 0 Å². The molecule has 0 heterocycles. The number of nitrogens with one attached hydrogen (secondary N) is 1. The van der Waals surface area contributed by atoms with Gasteiger partial charge in [0.25, 0.3) is 0 Å². The van der Waals surface area contributed by atoms with Crippen LogP contribution in [0.3, 0.4) is 0 Å². The number of β-amino-alcohol motifs (C(OH)–C–C–N with tert-alkyl or cyclic N) is 1. The molecular weight excluding hydrogens is 342 g/mol. The molecule has 146 valence electrons. The van der Waals surface area contributed by atoms with E-state index in [1.807, 2.05) is 51.1 Å².